The van der Waals surface area contributed by atoms with E-state index in [1.807, 2.05) is 6.92 Å². The molecule has 0 bridgehead atoms. The lowest BCUT2D eigenvalue weighted by Gasteiger charge is -2.34. The van der Waals surface area contributed by atoms with E-state index in [2.05, 4.69) is 10.5 Å². The second-order valence-electron chi connectivity index (χ2n) is 6.73. The molecule has 0 spiro atoms. The predicted octanol–water partition coefficient (Wildman–Crippen LogP) is 0.382. The average Bonchev–Trinajstić information content (AvgIpc) is 2.75. The summed E-state index contributed by atoms with van der Waals surface area (Å²) in [4.78, 5) is 37.5. The molecule has 10 heteroatoms. The van der Waals surface area contributed by atoms with Gasteiger partial charge in [0.05, 0.1) is 6.10 Å². The highest BCUT2D eigenvalue weighted by Crippen LogP contribution is 2.15. The van der Waals surface area contributed by atoms with Crippen LogP contribution in [-0.4, -0.2) is 70.7 Å². The van der Waals surface area contributed by atoms with E-state index in [0.29, 0.717) is 43.5 Å². The van der Waals surface area contributed by atoms with Crippen molar-refractivity contribution < 1.29 is 29.4 Å². The lowest BCUT2D eigenvalue weighted by Crippen LogP contribution is -2.51. The van der Waals surface area contributed by atoms with Gasteiger partial charge in [0.25, 0.3) is 5.91 Å². The van der Waals surface area contributed by atoms with E-state index in [1.54, 1.807) is 17.0 Å². The molecule has 2 rings (SSSR count). The third-order valence-corrected chi connectivity index (χ3v) is 4.76. The van der Waals surface area contributed by atoms with E-state index in [-0.39, 0.29) is 24.5 Å². The van der Waals surface area contributed by atoms with Crippen molar-refractivity contribution in [1.82, 2.24) is 10.2 Å². The lowest BCUT2D eigenvalue weighted by molar-refractivity contribution is -0.147. The van der Waals surface area contributed by atoms with Crippen LogP contribution in [0, 0.1) is 0 Å². The topological polar surface area (TPSA) is 155 Å². The standard InChI is InChI=1S/C19H26N4O6/c1-2-15(19(27)23-9-7-14(8-10-23)29-11-16(24)25)21-18(26)13-5-3-12(4-6-13)17(20)22-28/h3-6,14-15,28H,2,7-11H2,1H3,(H2,20,22)(H,21,26)(H,24,25). The maximum atomic E-state index is 12.8. The molecule has 1 fully saturated rings. The molecule has 10 nitrogen and oxygen atoms in total. The molecular formula is C19H26N4O6. The largest absolute Gasteiger partial charge is 0.480 e. The maximum absolute atomic E-state index is 12.8. The van der Waals surface area contributed by atoms with Crippen LogP contribution in [0.1, 0.15) is 42.1 Å². The Hall–Kier alpha value is -3.14. The fourth-order valence-electron chi connectivity index (χ4n) is 3.08. The van der Waals surface area contributed by atoms with E-state index < -0.39 is 17.9 Å². The van der Waals surface area contributed by atoms with Gasteiger partial charge in [-0.15, -0.1) is 0 Å². The number of likely N-dealkylation sites (tertiary alicyclic amines) is 1. The zero-order valence-electron chi connectivity index (χ0n) is 16.2. The molecule has 1 aliphatic heterocycles. The van der Waals surface area contributed by atoms with E-state index in [0.717, 1.165) is 0 Å². The van der Waals surface area contributed by atoms with Crippen LogP contribution >= 0.6 is 0 Å². The van der Waals surface area contributed by atoms with E-state index in [9.17, 15) is 14.4 Å². The summed E-state index contributed by atoms with van der Waals surface area (Å²) in [7, 11) is 0. The van der Waals surface area contributed by atoms with Gasteiger partial charge in [-0.1, -0.05) is 24.2 Å². The summed E-state index contributed by atoms with van der Waals surface area (Å²) in [5.41, 5.74) is 6.33. The van der Waals surface area contributed by atoms with Crippen molar-refractivity contribution in [2.24, 2.45) is 10.9 Å². The molecule has 0 aliphatic carbocycles. The molecule has 0 saturated carbocycles. The summed E-state index contributed by atoms with van der Waals surface area (Å²) < 4.78 is 5.28. The number of hydrogen-bond acceptors (Lipinski definition) is 6. The first kappa shape index (κ1) is 22.2. The molecule has 29 heavy (non-hydrogen) atoms. The van der Waals surface area contributed by atoms with Gasteiger partial charge in [-0.3, -0.25) is 9.59 Å². The second-order valence-corrected chi connectivity index (χ2v) is 6.73. The number of aliphatic carboxylic acids is 1. The van der Waals surface area contributed by atoms with E-state index in [1.165, 1.54) is 12.1 Å². The number of rotatable bonds is 8. The molecular weight excluding hydrogens is 380 g/mol. The van der Waals surface area contributed by atoms with Gasteiger partial charge in [0.2, 0.25) is 5.91 Å². The Morgan fingerprint density at radius 2 is 1.83 bits per heavy atom. The summed E-state index contributed by atoms with van der Waals surface area (Å²) in [5, 5.41) is 23.0. The molecule has 1 unspecified atom stereocenters. The zero-order chi connectivity index (χ0) is 21.4. The summed E-state index contributed by atoms with van der Waals surface area (Å²) in [6.45, 7) is 2.36. The van der Waals surface area contributed by atoms with Crippen molar-refractivity contribution in [2.45, 2.75) is 38.3 Å². The fraction of sp³-hybridized carbons (Fsp3) is 0.474. The first-order valence-electron chi connectivity index (χ1n) is 9.36. The Morgan fingerprint density at radius 3 is 2.34 bits per heavy atom. The Bertz CT molecular complexity index is 756. The number of nitrogens with zero attached hydrogens (tertiary/aromatic N) is 2. The Labute approximate surface area is 168 Å². The number of carbonyl (C=O) groups is 3. The number of hydrogen-bond donors (Lipinski definition) is 4. The highest BCUT2D eigenvalue weighted by molar-refractivity contribution is 6.00. The quantitative estimate of drug-likeness (QED) is 0.211. The van der Waals surface area contributed by atoms with Gasteiger partial charge in [-0.25, -0.2) is 4.79 Å². The van der Waals surface area contributed by atoms with Gasteiger partial charge >= 0.3 is 5.97 Å². The first-order valence-corrected chi connectivity index (χ1v) is 9.36. The van der Waals surface area contributed by atoms with Gasteiger partial charge in [-0.2, -0.15) is 0 Å². The molecule has 1 aliphatic rings. The van der Waals surface area contributed by atoms with Crippen LogP contribution < -0.4 is 11.1 Å². The summed E-state index contributed by atoms with van der Waals surface area (Å²) in [5.74, 6) is -1.65. The predicted molar refractivity (Wildman–Crippen MR) is 104 cm³/mol. The van der Waals surface area contributed by atoms with Crippen LogP contribution in [0.15, 0.2) is 29.4 Å². The zero-order valence-corrected chi connectivity index (χ0v) is 16.2. The monoisotopic (exact) mass is 406 g/mol. The van der Waals surface area contributed by atoms with Gasteiger partial charge in [0, 0.05) is 24.2 Å². The van der Waals surface area contributed by atoms with Crippen LogP contribution in [0.25, 0.3) is 0 Å². The van der Waals surface area contributed by atoms with Crippen LogP contribution in [0.2, 0.25) is 0 Å². The number of benzene rings is 1. The lowest BCUT2D eigenvalue weighted by atomic mass is 10.1. The molecule has 1 saturated heterocycles. The number of amidine groups is 1. The number of nitrogens with two attached hydrogens (primary N) is 1. The average molecular weight is 406 g/mol. The first-order chi connectivity index (χ1) is 13.8. The number of nitrogens with one attached hydrogen (secondary N) is 1. The molecule has 1 atom stereocenters. The van der Waals surface area contributed by atoms with Crippen LogP contribution in [0.4, 0.5) is 0 Å². The van der Waals surface area contributed by atoms with Crippen LogP contribution in [0.5, 0.6) is 0 Å². The highest BCUT2D eigenvalue weighted by atomic mass is 16.5. The Balaban J connectivity index is 1.91. The van der Waals surface area contributed by atoms with E-state index >= 15 is 0 Å². The Kier molecular flexibility index (Phi) is 7.96. The minimum absolute atomic E-state index is 0.0608. The molecule has 1 aromatic carbocycles. The smallest absolute Gasteiger partial charge is 0.329 e. The van der Waals surface area contributed by atoms with Crippen LogP contribution in [0.3, 0.4) is 0 Å². The minimum atomic E-state index is -1.02. The molecule has 158 valence electrons. The second kappa shape index (κ2) is 10.4. The number of carboxylic acids is 1. The number of oxime groups is 1. The number of piperidine rings is 1. The van der Waals surface area contributed by atoms with Crippen molar-refractivity contribution >= 4 is 23.6 Å². The van der Waals surface area contributed by atoms with Crippen molar-refractivity contribution in [1.29, 1.82) is 0 Å². The summed E-state index contributed by atoms with van der Waals surface area (Å²) >= 11 is 0. The normalized spacial score (nSPS) is 16.3. The Morgan fingerprint density at radius 1 is 1.24 bits per heavy atom. The number of carboxylic acid groups (broad SMARTS) is 1. The third-order valence-electron chi connectivity index (χ3n) is 4.76. The van der Waals surface area contributed by atoms with E-state index in [4.69, 9.17) is 20.8 Å². The van der Waals surface area contributed by atoms with Gasteiger partial charge in [-0.05, 0) is 31.4 Å². The molecule has 1 heterocycles. The molecule has 5 N–H and O–H groups in total. The number of carbonyl (C=O) groups excluding carboxylic acids is 2. The molecule has 2 amide bonds. The number of ether oxygens (including phenoxy) is 1. The SMILES string of the molecule is CCC(NC(=O)c1ccc(/C(N)=N/O)cc1)C(=O)N1CCC(OCC(=O)O)CC1. The summed E-state index contributed by atoms with van der Waals surface area (Å²) in [6, 6.07) is 5.50. The van der Waals surface area contributed by atoms with Crippen molar-refractivity contribution in [2.75, 3.05) is 19.7 Å². The van der Waals surface area contributed by atoms with Crippen LogP contribution in [-0.2, 0) is 14.3 Å². The highest BCUT2D eigenvalue weighted by Gasteiger charge is 2.29. The van der Waals surface area contributed by atoms with Crippen molar-refractivity contribution in [3.05, 3.63) is 35.4 Å². The van der Waals surface area contributed by atoms with Crippen molar-refractivity contribution in [3.8, 4) is 0 Å². The molecule has 0 aromatic heterocycles. The fourth-order valence-corrected chi connectivity index (χ4v) is 3.08. The molecule has 0 radical (unpaired) electrons. The maximum Gasteiger partial charge on any atom is 0.329 e. The third kappa shape index (κ3) is 6.18. The van der Waals surface area contributed by atoms with Crippen molar-refractivity contribution in [3.63, 3.8) is 0 Å². The van der Waals surface area contributed by atoms with Gasteiger partial charge in [0.15, 0.2) is 5.84 Å². The number of amides is 2. The van der Waals surface area contributed by atoms with Gasteiger partial charge < -0.3 is 31.0 Å². The summed E-state index contributed by atoms with van der Waals surface area (Å²) in [6.07, 6.45) is 1.36. The van der Waals surface area contributed by atoms with Gasteiger partial charge in [0.1, 0.15) is 12.6 Å². The molecule has 1 aromatic rings. The minimum Gasteiger partial charge on any atom is -0.480 e.